The Balaban J connectivity index is 1.32. The predicted octanol–water partition coefficient (Wildman–Crippen LogP) is 2.76. The maximum atomic E-state index is 12.3. The van der Waals surface area contributed by atoms with Crippen LogP contribution in [0.15, 0.2) is 48.5 Å². The molecular formula is C24H31N5O5. The Morgan fingerprint density at radius 2 is 1.76 bits per heavy atom. The number of rotatable bonds is 12. The minimum absolute atomic E-state index is 0.0341. The number of benzene rings is 2. The molecule has 1 heterocycles. The average molecular weight is 470 g/mol. The third-order valence-electron chi connectivity index (χ3n) is 5.45. The molecule has 0 aliphatic carbocycles. The van der Waals surface area contributed by atoms with Crippen molar-refractivity contribution in [2.75, 3.05) is 50.0 Å². The molecule has 3 N–H and O–H groups in total. The first-order valence-electron chi connectivity index (χ1n) is 11.4. The fourth-order valence-electron chi connectivity index (χ4n) is 3.54. The van der Waals surface area contributed by atoms with Crippen molar-refractivity contribution in [1.29, 1.82) is 0 Å². The number of morpholine rings is 1. The number of nitrogens with zero attached hydrogens (tertiary/aromatic N) is 2. The molecule has 10 nitrogen and oxygen atoms in total. The molecule has 1 aliphatic heterocycles. The van der Waals surface area contributed by atoms with Crippen LogP contribution in [0.5, 0.6) is 0 Å². The maximum Gasteiger partial charge on any atom is 0.269 e. The molecule has 1 saturated heterocycles. The zero-order valence-corrected chi connectivity index (χ0v) is 19.1. The minimum Gasteiger partial charge on any atom is -0.385 e. The van der Waals surface area contributed by atoms with Gasteiger partial charge >= 0.3 is 0 Å². The van der Waals surface area contributed by atoms with Crippen molar-refractivity contribution in [2.45, 2.75) is 25.8 Å². The molecule has 0 radical (unpaired) electrons. The van der Waals surface area contributed by atoms with Crippen LogP contribution in [0, 0.1) is 10.1 Å². The number of anilines is 2. The summed E-state index contributed by atoms with van der Waals surface area (Å²) < 4.78 is 5.32. The van der Waals surface area contributed by atoms with Crippen molar-refractivity contribution < 1.29 is 19.2 Å². The molecule has 1 fully saturated rings. The van der Waals surface area contributed by atoms with Crippen molar-refractivity contribution in [1.82, 2.24) is 10.2 Å². The fourth-order valence-corrected chi connectivity index (χ4v) is 3.54. The number of nitro groups is 1. The van der Waals surface area contributed by atoms with Gasteiger partial charge < -0.3 is 20.7 Å². The first-order valence-corrected chi connectivity index (χ1v) is 11.4. The second-order valence-corrected chi connectivity index (χ2v) is 8.06. The van der Waals surface area contributed by atoms with Gasteiger partial charge in [-0.3, -0.25) is 24.6 Å². The largest absolute Gasteiger partial charge is 0.385 e. The van der Waals surface area contributed by atoms with Gasteiger partial charge in [-0.15, -0.1) is 0 Å². The summed E-state index contributed by atoms with van der Waals surface area (Å²) in [5.41, 5.74) is 2.44. The van der Waals surface area contributed by atoms with E-state index in [1.54, 1.807) is 12.1 Å². The lowest BCUT2D eigenvalue weighted by Crippen LogP contribution is -2.38. The summed E-state index contributed by atoms with van der Waals surface area (Å²) in [6.07, 6.45) is 1.41. The van der Waals surface area contributed by atoms with E-state index in [4.69, 9.17) is 4.74 Å². The number of nitro benzene ring substituents is 1. The molecule has 0 bridgehead atoms. The molecule has 34 heavy (non-hydrogen) atoms. The average Bonchev–Trinajstić information content (AvgIpc) is 2.85. The maximum absolute atomic E-state index is 12.3. The molecule has 10 heteroatoms. The van der Waals surface area contributed by atoms with E-state index in [0.717, 1.165) is 24.3 Å². The van der Waals surface area contributed by atoms with Crippen LogP contribution in [0.4, 0.5) is 17.1 Å². The summed E-state index contributed by atoms with van der Waals surface area (Å²) in [6, 6.07) is 13.6. The van der Waals surface area contributed by atoms with Gasteiger partial charge in [0.05, 0.1) is 18.1 Å². The zero-order valence-electron chi connectivity index (χ0n) is 19.1. The van der Waals surface area contributed by atoms with E-state index < -0.39 is 4.92 Å². The zero-order chi connectivity index (χ0) is 24.2. The van der Waals surface area contributed by atoms with Crippen LogP contribution in [-0.4, -0.2) is 61.0 Å². The van der Waals surface area contributed by atoms with Gasteiger partial charge in [0.15, 0.2) is 0 Å². The fraction of sp³-hybridized carbons (Fsp3) is 0.417. The molecule has 1 aliphatic rings. The number of hydrogen-bond acceptors (Lipinski definition) is 7. The number of ether oxygens (including phenoxy) is 1. The van der Waals surface area contributed by atoms with Crippen LogP contribution in [-0.2, 0) is 20.9 Å². The molecule has 2 amide bonds. The van der Waals surface area contributed by atoms with Crippen LogP contribution in [0.3, 0.4) is 0 Å². The Morgan fingerprint density at radius 3 is 2.50 bits per heavy atom. The highest BCUT2D eigenvalue weighted by molar-refractivity contribution is 5.90. The second-order valence-electron chi connectivity index (χ2n) is 8.06. The Hall–Kier alpha value is -3.50. The van der Waals surface area contributed by atoms with Crippen LogP contribution >= 0.6 is 0 Å². The van der Waals surface area contributed by atoms with Crippen LogP contribution in [0.25, 0.3) is 0 Å². The number of carbonyl (C=O) groups is 2. The van der Waals surface area contributed by atoms with Crippen molar-refractivity contribution in [3.05, 3.63) is 64.2 Å². The lowest BCUT2D eigenvalue weighted by Gasteiger charge is -2.26. The lowest BCUT2D eigenvalue weighted by atomic mass is 10.2. The predicted molar refractivity (Wildman–Crippen MR) is 130 cm³/mol. The second kappa shape index (κ2) is 13.3. The van der Waals surface area contributed by atoms with E-state index in [1.807, 2.05) is 24.3 Å². The number of carbonyl (C=O) groups excluding carboxylic acids is 2. The van der Waals surface area contributed by atoms with Gasteiger partial charge in [-0.25, -0.2) is 0 Å². The Morgan fingerprint density at radius 1 is 1.00 bits per heavy atom. The van der Waals surface area contributed by atoms with E-state index in [0.29, 0.717) is 57.8 Å². The van der Waals surface area contributed by atoms with Gasteiger partial charge in [0.25, 0.3) is 5.69 Å². The van der Waals surface area contributed by atoms with E-state index >= 15 is 0 Å². The molecule has 0 atom stereocenters. The standard InChI is InChI=1S/C24H31N5O5/c30-23(5-2-11-25-20-6-8-22(9-7-20)29(32)33)26-18-19-3-1-4-21(17-19)27-24(31)10-12-28-13-15-34-16-14-28/h1,3-4,6-9,17,25H,2,5,10-16,18H2,(H,26,30)(H,27,31). The highest BCUT2D eigenvalue weighted by Crippen LogP contribution is 2.15. The number of nitrogens with one attached hydrogen (secondary N) is 3. The third kappa shape index (κ3) is 8.80. The number of non-ortho nitro benzene ring substituents is 1. The highest BCUT2D eigenvalue weighted by Gasteiger charge is 2.12. The smallest absolute Gasteiger partial charge is 0.269 e. The molecule has 2 aromatic carbocycles. The minimum atomic E-state index is -0.440. The molecule has 0 aromatic heterocycles. The summed E-state index contributed by atoms with van der Waals surface area (Å²) in [4.78, 5) is 36.9. The monoisotopic (exact) mass is 469 g/mol. The summed E-state index contributed by atoms with van der Waals surface area (Å²) in [7, 11) is 0. The van der Waals surface area contributed by atoms with Gasteiger partial charge in [-0.2, -0.15) is 0 Å². The Labute approximate surface area is 198 Å². The summed E-state index contributed by atoms with van der Waals surface area (Å²) in [5.74, 6) is -0.0985. The normalized spacial score (nSPS) is 13.8. The van der Waals surface area contributed by atoms with E-state index in [2.05, 4.69) is 20.9 Å². The van der Waals surface area contributed by atoms with Gasteiger partial charge in [0.1, 0.15) is 0 Å². The Bertz CT molecular complexity index is 960. The third-order valence-corrected chi connectivity index (χ3v) is 5.45. The molecule has 0 unspecified atom stereocenters. The SMILES string of the molecule is O=C(CCCNc1ccc([N+](=O)[O-])cc1)NCc1cccc(NC(=O)CCN2CCOCC2)c1. The first-order chi connectivity index (χ1) is 16.5. The molecule has 0 saturated carbocycles. The van der Waals surface area contributed by atoms with Crippen molar-refractivity contribution in [3.8, 4) is 0 Å². The van der Waals surface area contributed by atoms with Gasteiger partial charge in [0, 0.05) is 69.1 Å². The molecule has 2 aromatic rings. The Kier molecular flexibility index (Phi) is 9.80. The van der Waals surface area contributed by atoms with Crippen molar-refractivity contribution in [3.63, 3.8) is 0 Å². The molecular weight excluding hydrogens is 438 g/mol. The molecule has 0 spiro atoms. The summed E-state index contributed by atoms with van der Waals surface area (Å²) >= 11 is 0. The molecule has 3 rings (SSSR count). The van der Waals surface area contributed by atoms with E-state index in [9.17, 15) is 19.7 Å². The highest BCUT2D eigenvalue weighted by atomic mass is 16.6. The van der Waals surface area contributed by atoms with Crippen LogP contribution in [0.1, 0.15) is 24.8 Å². The lowest BCUT2D eigenvalue weighted by molar-refractivity contribution is -0.384. The van der Waals surface area contributed by atoms with Crippen molar-refractivity contribution >= 4 is 28.9 Å². The topological polar surface area (TPSA) is 126 Å². The van der Waals surface area contributed by atoms with Crippen LogP contribution in [0.2, 0.25) is 0 Å². The van der Waals surface area contributed by atoms with Gasteiger partial charge in [-0.1, -0.05) is 12.1 Å². The van der Waals surface area contributed by atoms with Crippen LogP contribution < -0.4 is 16.0 Å². The van der Waals surface area contributed by atoms with Gasteiger partial charge in [0.2, 0.25) is 11.8 Å². The van der Waals surface area contributed by atoms with Gasteiger partial charge in [-0.05, 0) is 36.2 Å². The van der Waals surface area contributed by atoms with E-state index in [-0.39, 0.29) is 17.5 Å². The summed E-state index contributed by atoms with van der Waals surface area (Å²) in [6.45, 7) is 4.82. The summed E-state index contributed by atoms with van der Waals surface area (Å²) in [5, 5.41) is 19.6. The van der Waals surface area contributed by atoms with E-state index in [1.165, 1.54) is 12.1 Å². The first kappa shape index (κ1) is 25.1. The van der Waals surface area contributed by atoms with Crippen molar-refractivity contribution in [2.24, 2.45) is 0 Å². The number of hydrogen-bond donors (Lipinski definition) is 3. The number of amides is 2. The quantitative estimate of drug-likeness (QED) is 0.248. The molecule has 182 valence electrons.